The van der Waals surface area contributed by atoms with Crippen molar-refractivity contribution in [1.29, 1.82) is 0 Å². The molecule has 0 aromatic carbocycles. The number of aromatic nitrogens is 1. The van der Waals surface area contributed by atoms with Crippen molar-refractivity contribution >= 4 is 27.8 Å². The molecule has 1 amide bonds. The number of hydrogen-bond acceptors (Lipinski definition) is 4. The number of fused-ring (bicyclic) bond motifs is 3. The molecule has 3 heterocycles. The molecule has 2 aliphatic rings. The van der Waals surface area contributed by atoms with Gasteiger partial charge in [0.2, 0.25) is 0 Å². The van der Waals surface area contributed by atoms with E-state index in [4.69, 9.17) is 9.72 Å². The summed E-state index contributed by atoms with van der Waals surface area (Å²) in [6.45, 7) is 6.21. The molecule has 1 saturated heterocycles. The van der Waals surface area contributed by atoms with E-state index < -0.39 is 6.09 Å². The lowest BCUT2D eigenvalue weighted by Gasteiger charge is -2.42. The molecule has 0 aliphatic carbocycles. The van der Waals surface area contributed by atoms with Crippen LogP contribution in [0.4, 0.5) is 10.6 Å². The number of pyridine rings is 1. The molecule has 1 fully saturated rings. The van der Waals surface area contributed by atoms with E-state index in [0.717, 1.165) is 22.4 Å². The molecule has 22 heavy (non-hydrogen) atoms. The Labute approximate surface area is 138 Å². The van der Waals surface area contributed by atoms with Crippen LogP contribution in [0.25, 0.3) is 0 Å². The third-order valence-corrected chi connectivity index (χ3v) is 4.99. The Hall–Kier alpha value is -1.34. The van der Waals surface area contributed by atoms with Crippen molar-refractivity contribution in [3.8, 4) is 0 Å². The van der Waals surface area contributed by atoms with Crippen LogP contribution in [0.1, 0.15) is 25.1 Å². The van der Waals surface area contributed by atoms with Crippen LogP contribution >= 0.6 is 15.9 Å². The molecule has 7 heteroatoms. The zero-order valence-electron chi connectivity index (χ0n) is 12.8. The minimum atomic E-state index is -0.839. The minimum absolute atomic E-state index is 0.129. The normalized spacial score (nSPS) is 23.4. The zero-order valence-corrected chi connectivity index (χ0v) is 14.3. The molecule has 6 nitrogen and oxygen atoms in total. The molecule has 0 spiro atoms. The molecular formula is C15H20BrN3O3. The Balaban J connectivity index is 1.89. The predicted molar refractivity (Wildman–Crippen MR) is 86.3 cm³/mol. The van der Waals surface area contributed by atoms with Gasteiger partial charge in [-0.3, -0.25) is 0 Å². The van der Waals surface area contributed by atoms with E-state index in [-0.39, 0.29) is 12.1 Å². The van der Waals surface area contributed by atoms with Crippen LogP contribution in [0.2, 0.25) is 0 Å². The number of piperazine rings is 1. The number of rotatable bonds is 3. The minimum Gasteiger partial charge on any atom is -0.465 e. The standard InChI is InChI=1S/C15H20BrN3O3/c1-3-22-8-13-12(16)5-10-4-11-7-18(15(20)21)6-9(2)19(11)14(10)17-13/h5,9,11H,3-4,6-8H2,1-2H3,(H,20,21)/t9-,11-/m1/s1. The Morgan fingerprint density at radius 2 is 2.32 bits per heavy atom. The highest BCUT2D eigenvalue weighted by atomic mass is 79.9. The lowest BCUT2D eigenvalue weighted by molar-refractivity contribution is 0.127. The highest BCUT2D eigenvalue weighted by Gasteiger charge is 2.40. The second-order valence-electron chi connectivity index (χ2n) is 5.84. The van der Waals surface area contributed by atoms with Crippen LogP contribution in [-0.4, -0.2) is 52.9 Å². The number of carbonyl (C=O) groups is 1. The molecule has 0 unspecified atom stereocenters. The Morgan fingerprint density at radius 3 is 3.00 bits per heavy atom. The van der Waals surface area contributed by atoms with Gasteiger partial charge >= 0.3 is 6.09 Å². The maximum absolute atomic E-state index is 11.3. The van der Waals surface area contributed by atoms with Crippen molar-refractivity contribution in [2.24, 2.45) is 0 Å². The van der Waals surface area contributed by atoms with E-state index in [1.807, 2.05) is 6.92 Å². The summed E-state index contributed by atoms with van der Waals surface area (Å²) in [6, 6.07) is 2.41. The van der Waals surface area contributed by atoms with Gasteiger partial charge in [-0.15, -0.1) is 0 Å². The molecule has 2 atom stereocenters. The van der Waals surface area contributed by atoms with Gasteiger partial charge in [0.1, 0.15) is 5.82 Å². The predicted octanol–water partition coefficient (Wildman–Crippen LogP) is 2.49. The van der Waals surface area contributed by atoms with Crippen LogP contribution in [0.15, 0.2) is 10.5 Å². The lowest BCUT2D eigenvalue weighted by Crippen LogP contribution is -2.58. The fraction of sp³-hybridized carbons (Fsp3) is 0.600. The van der Waals surface area contributed by atoms with Gasteiger partial charge in [0.15, 0.2) is 0 Å². The van der Waals surface area contributed by atoms with Crippen molar-refractivity contribution in [3.05, 3.63) is 21.8 Å². The average Bonchev–Trinajstić information content (AvgIpc) is 2.82. The van der Waals surface area contributed by atoms with Crippen LogP contribution < -0.4 is 4.90 Å². The van der Waals surface area contributed by atoms with Gasteiger partial charge in [-0.1, -0.05) is 0 Å². The molecular weight excluding hydrogens is 350 g/mol. The number of amides is 1. The van der Waals surface area contributed by atoms with E-state index in [2.05, 4.69) is 33.8 Å². The largest absolute Gasteiger partial charge is 0.465 e. The lowest BCUT2D eigenvalue weighted by atomic mass is 10.1. The van der Waals surface area contributed by atoms with Crippen LogP contribution in [0.5, 0.6) is 0 Å². The summed E-state index contributed by atoms with van der Waals surface area (Å²) in [5.41, 5.74) is 2.07. The summed E-state index contributed by atoms with van der Waals surface area (Å²) in [6.07, 6.45) is -0.00196. The van der Waals surface area contributed by atoms with E-state index >= 15 is 0 Å². The zero-order chi connectivity index (χ0) is 15.9. The van der Waals surface area contributed by atoms with E-state index in [1.165, 1.54) is 10.5 Å². The van der Waals surface area contributed by atoms with Crippen molar-refractivity contribution in [2.45, 2.75) is 39.0 Å². The monoisotopic (exact) mass is 369 g/mol. The first-order chi connectivity index (χ1) is 10.5. The number of halogens is 1. The third-order valence-electron chi connectivity index (χ3n) is 4.30. The summed E-state index contributed by atoms with van der Waals surface area (Å²) >= 11 is 3.56. The van der Waals surface area contributed by atoms with Gasteiger partial charge in [-0.2, -0.15) is 0 Å². The summed E-state index contributed by atoms with van der Waals surface area (Å²) in [4.78, 5) is 19.8. The van der Waals surface area contributed by atoms with Crippen molar-refractivity contribution < 1.29 is 14.6 Å². The molecule has 2 aliphatic heterocycles. The quantitative estimate of drug-likeness (QED) is 0.886. The van der Waals surface area contributed by atoms with E-state index in [9.17, 15) is 9.90 Å². The van der Waals surface area contributed by atoms with Crippen LogP contribution in [-0.2, 0) is 17.8 Å². The Bertz CT molecular complexity index is 596. The average molecular weight is 370 g/mol. The van der Waals surface area contributed by atoms with Gasteiger partial charge < -0.3 is 19.6 Å². The van der Waals surface area contributed by atoms with Crippen molar-refractivity contribution in [1.82, 2.24) is 9.88 Å². The summed E-state index contributed by atoms with van der Waals surface area (Å²) in [7, 11) is 0. The molecule has 0 radical (unpaired) electrons. The van der Waals surface area contributed by atoms with E-state index in [1.54, 1.807) is 0 Å². The second-order valence-corrected chi connectivity index (χ2v) is 6.69. The molecule has 120 valence electrons. The first-order valence-corrected chi connectivity index (χ1v) is 8.32. The fourth-order valence-corrected chi connectivity index (χ4v) is 3.85. The van der Waals surface area contributed by atoms with Gasteiger partial charge in [0.05, 0.1) is 18.3 Å². The van der Waals surface area contributed by atoms with Gasteiger partial charge in [0, 0.05) is 30.2 Å². The first-order valence-electron chi connectivity index (χ1n) is 7.53. The Morgan fingerprint density at radius 1 is 1.55 bits per heavy atom. The van der Waals surface area contributed by atoms with Crippen molar-refractivity contribution in [2.75, 3.05) is 24.6 Å². The van der Waals surface area contributed by atoms with Crippen molar-refractivity contribution in [3.63, 3.8) is 0 Å². The highest BCUT2D eigenvalue weighted by molar-refractivity contribution is 9.10. The van der Waals surface area contributed by atoms with Gasteiger partial charge in [-0.25, -0.2) is 9.78 Å². The smallest absolute Gasteiger partial charge is 0.407 e. The molecule has 0 bridgehead atoms. The fourth-order valence-electron chi connectivity index (χ4n) is 3.37. The molecule has 1 aromatic rings. The molecule has 1 aromatic heterocycles. The molecule has 3 rings (SSSR count). The van der Waals surface area contributed by atoms with Gasteiger partial charge in [-0.05, 0) is 47.8 Å². The summed E-state index contributed by atoms with van der Waals surface area (Å²) in [5.74, 6) is 0.987. The number of nitrogens with zero attached hydrogens (tertiary/aromatic N) is 3. The van der Waals surface area contributed by atoms with E-state index in [0.29, 0.717) is 26.3 Å². The SMILES string of the molecule is CCOCc1nc2c(cc1Br)C[C@@H]1CN(C(=O)O)C[C@@H](C)N21. The summed E-state index contributed by atoms with van der Waals surface area (Å²) in [5, 5.41) is 9.25. The Kier molecular flexibility index (Phi) is 4.27. The number of carboxylic acid groups (broad SMARTS) is 1. The highest BCUT2D eigenvalue weighted by Crippen LogP contribution is 2.37. The van der Waals surface area contributed by atoms with Crippen LogP contribution in [0.3, 0.4) is 0 Å². The third kappa shape index (κ3) is 2.67. The number of ether oxygens (including phenoxy) is 1. The number of hydrogen-bond donors (Lipinski definition) is 1. The maximum Gasteiger partial charge on any atom is 0.407 e. The maximum atomic E-state index is 11.3. The number of anilines is 1. The second kappa shape index (κ2) is 6.04. The summed E-state index contributed by atoms with van der Waals surface area (Å²) < 4.78 is 6.44. The van der Waals surface area contributed by atoms with Crippen LogP contribution in [0, 0.1) is 0 Å². The molecule has 1 N–H and O–H groups in total. The topological polar surface area (TPSA) is 65.9 Å². The van der Waals surface area contributed by atoms with Gasteiger partial charge in [0.25, 0.3) is 0 Å². The molecule has 0 saturated carbocycles. The first kappa shape index (κ1) is 15.6.